The van der Waals surface area contributed by atoms with Gasteiger partial charge in [0, 0.05) is 16.5 Å². The predicted octanol–water partition coefficient (Wildman–Crippen LogP) is 1.96. The summed E-state index contributed by atoms with van der Waals surface area (Å²) in [5.74, 6) is -0.402. The van der Waals surface area contributed by atoms with Crippen molar-refractivity contribution in [1.82, 2.24) is 4.72 Å². The first-order valence-electron chi connectivity index (χ1n) is 5.81. The Morgan fingerprint density at radius 2 is 2.14 bits per heavy atom. The highest BCUT2D eigenvalue weighted by molar-refractivity contribution is 8.00. The molecular formula is C13H11FN2O3S2. The first kappa shape index (κ1) is 15.5. The number of fused-ring (bicyclic) bond motifs is 1. The van der Waals surface area contributed by atoms with Crippen molar-refractivity contribution in [3.05, 3.63) is 47.3 Å². The Morgan fingerprint density at radius 3 is 2.71 bits per heavy atom. The molecule has 21 heavy (non-hydrogen) atoms. The number of anilines is 1. The molecule has 3 rings (SSSR count). The maximum absolute atomic E-state index is 13.1. The van der Waals surface area contributed by atoms with Gasteiger partial charge < -0.3 is 10.0 Å². The van der Waals surface area contributed by atoms with Crippen molar-refractivity contribution in [3.8, 4) is 0 Å². The minimum Gasteiger partial charge on any atom is -0.324 e. The number of amides is 1. The molecular weight excluding hydrogens is 315 g/mol. The molecule has 110 valence electrons. The molecule has 8 heteroatoms. The molecule has 1 atom stereocenters. The third-order valence-electron chi connectivity index (χ3n) is 2.45. The Hall–Kier alpha value is -1.93. The van der Waals surface area contributed by atoms with E-state index in [9.17, 15) is 18.2 Å². The first-order chi connectivity index (χ1) is 10.1. The van der Waals surface area contributed by atoms with Crippen molar-refractivity contribution in [2.24, 2.45) is 0 Å². The summed E-state index contributed by atoms with van der Waals surface area (Å²) in [5, 5.41) is 4.16. The van der Waals surface area contributed by atoms with E-state index in [1.807, 2.05) is 0 Å². The number of carbonyl (C=O) groups is 2. The van der Waals surface area contributed by atoms with E-state index in [1.54, 1.807) is 23.8 Å². The van der Waals surface area contributed by atoms with Gasteiger partial charge >= 0.3 is 0 Å². The maximum Gasteiger partial charge on any atom is 0.234 e. The van der Waals surface area contributed by atoms with Crippen molar-refractivity contribution < 1.29 is 18.2 Å². The quantitative estimate of drug-likeness (QED) is 0.774. The minimum absolute atomic E-state index is 0.0356. The van der Waals surface area contributed by atoms with Gasteiger partial charge in [-0.3, -0.25) is 9.59 Å². The summed E-state index contributed by atoms with van der Waals surface area (Å²) in [4.78, 5) is 22.1. The van der Waals surface area contributed by atoms with Gasteiger partial charge in [0.05, 0.1) is 17.0 Å². The second-order valence-corrected chi connectivity index (χ2v) is 6.05. The number of benzene rings is 1. The Morgan fingerprint density at radius 1 is 1.33 bits per heavy atom. The molecule has 2 aliphatic heterocycles. The number of carbonyl (C=O) groups excluding carboxylic acids is 2. The van der Waals surface area contributed by atoms with Crippen LogP contribution in [0.2, 0.25) is 0 Å². The molecule has 1 aromatic carbocycles. The molecule has 0 saturated carbocycles. The average molecular weight is 326 g/mol. The molecule has 0 saturated heterocycles. The molecule has 0 spiro atoms. The Labute approximate surface area is 127 Å². The van der Waals surface area contributed by atoms with Crippen LogP contribution in [0.3, 0.4) is 0 Å². The molecule has 0 bridgehead atoms. The number of hydrogen-bond donors (Lipinski definition) is 2. The van der Waals surface area contributed by atoms with E-state index in [-0.39, 0.29) is 17.2 Å². The Balaban J connectivity index is 0.000000194. The largest absolute Gasteiger partial charge is 0.324 e. The van der Waals surface area contributed by atoms with E-state index in [0.717, 1.165) is 0 Å². The molecule has 2 aliphatic rings. The number of hydrogen-bond acceptors (Lipinski definition) is 4. The number of aldehydes is 1. The van der Waals surface area contributed by atoms with Gasteiger partial charge in [0.25, 0.3) is 0 Å². The number of halogens is 1. The first-order valence-corrected chi connectivity index (χ1v) is 8.01. The number of thioether (sulfide) groups is 1. The summed E-state index contributed by atoms with van der Waals surface area (Å²) >= 11 is 1.26. The highest BCUT2D eigenvalue weighted by Gasteiger charge is 2.17. The SMILES string of the molecule is O=Cc1cc2c(cc1F)SCC(=O)N2.O=S1C=CC=CN1. The smallest absolute Gasteiger partial charge is 0.234 e. The van der Waals surface area contributed by atoms with Crippen LogP contribution < -0.4 is 10.0 Å². The van der Waals surface area contributed by atoms with Gasteiger partial charge in [0.15, 0.2) is 6.29 Å². The van der Waals surface area contributed by atoms with Gasteiger partial charge in [-0.2, -0.15) is 0 Å². The zero-order valence-electron chi connectivity index (χ0n) is 10.7. The maximum atomic E-state index is 13.1. The lowest BCUT2D eigenvalue weighted by Gasteiger charge is -2.16. The highest BCUT2D eigenvalue weighted by atomic mass is 32.2. The minimum atomic E-state index is -0.958. The lowest BCUT2D eigenvalue weighted by molar-refractivity contribution is -0.113. The number of rotatable bonds is 1. The van der Waals surface area contributed by atoms with E-state index < -0.39 is 16.8 Å². The van der Waals surface area contributed by atoms with Crippen LogP contribution in [0.1, 0.15) is 10.4 Å². The molecule has 1 unspecified atom stereocenters. The monoisotopic (exact) mass is 326 g/mol. The fourth-order valence-electron chi connectivity index (χ4n) is 1.53. The molecule has 0 fully saturated rings. The summed E-state index contributed by atoms with van der Waals surface area (Å²) in [6, 6.07) is 2.62. The normalized spacial score (nSPS) is 18.7. The van der Waals surface area contributed by atoms with Crippen molar-refractivity contribution in [3.63, 3.8) is 0 Å². The average Bonchev–Trinajstić information content (AvgIpc) is 2.48. The van der Waals surface area contributed by atoms with Gasteiger partial charge in [-0.05, 0) is 18.2 Å². The molecule has 1 amide bonds. The standard InChI is InChI=1S/C9H6FNO2S.C4H5NOS/c10-6-2-8-7(1-5(6)3-12)11-9(13)4-14-8;6-7-4-2-1-3-5-7/h1-3H,4H2,(H,11,13);1-5H. The molecule has 2 N–H and O–H groups in total. The Bertz CT molecular complexity index is 659. The molecule has 2 heterocycles. The summed E-state index contributed by atoms with van der Waals surface area (Å²) in [5.41, 5.74) is 0.473. The number of nitrogens with one attached hydrogen (secondary N) is 2. The van der Waals surface area contributed by atoms with Crippen LogP contribution in [0.25, 0.3) is 0 Å². The van der Waals surface area contributed by atoms with Gasteiger partial charge in [0.1, 0.15) is 16.8 Å². The second kappa shape index (κ2) is 7.19. The van der Waals surface area contributed by atoms with Gasteiger partial charge in [-0.25, -0.2) is 8.60 Å². The van der Waals surface area contributed by atoms with Gasteiger partial charge in [-0.1, -0.05) is 6.08 Å². The molecule has 0 aliphatic carbocycles. The summed E-state index contributed by atoms with van der Waals surface area (Å²) in [6.07, 6.45) is 5.62. The van der Waals surface area contributed by atoms with Crippen molar-refractivity contribution in [2.75, 3.05) is 11.1 Å². The van der Waals surface area contributed by atoms with E-state index in [0.29, 0.717) is 16.9 Å². The molecule has 1 aromatic rings. The van der Waals surface area contributed by atoms with E-state index in [4.69, 9.17) is 0 Å². The van der Waals surface area contributed by atoms with Crippen molar-refractivity contribution in [2.45, 2.75) is 4.90 Å². The third kappa shape index (κ3) is 4.27. The second-order valence-electron chi connectivity index (χ2n) is 3.93. The summed E-state index contributed by atoms with van der Waals surface area (Å²) < 4.78 is 26.0. The van der Waals surface area contributed by atoms with Crippen molar-refractivity contribution >= 4 is 40.6 Å². The molecule has 5 nitrogen and oxygen atoms in total. The van der Waals surface area contributed by atoms with Gasteiger partial charge in [0.2, 0.25) is 5.91 Å². The third-order valence-corrected chi connectivity index (χ3v) is 4.28. The lowest BCUT2D eigenvalue weighted by Crippen LogP contribution is -2.19. The van der Waals surface area contributed by atoms with Crippen LogP contribution in [0.5, 0.6) is 0 Å². The zero-order chi connectivity index (χ0) is 15.2. The van der Waals surface area contributed by atoms with Crippen LogP contribution in [0.15, 0.2) is 40.8 Å². The summed E-state index contributed by atoms with van der Waals surface area (Å²) in [7, 11) is -0.958. The Kier molecular flexibility index (Phi) is 5.29. The van der Waals surface area contributed by atoms with E-state index >= 15 is 0 Å². The van der Waals surface area contributed by atoms with Crippen LogP contribution in [-0.2, 0) is 15.8 Å². The van der Waals surface area contributed by atoms with Crippen LogP contribution in [0.4, 0.5) is 10.1 Å². The fraction of sp³-hybridized carbons (Fsp3) is 0.0769. The van der Waals surface area contributed by atoms with Crippen molar-refractivity contribution in [1.29, 1.82) is 0 Å². The predicted molar refractivity (Wildman–Crippen MR) is 80.7 cm³/mol. The van der Waals surface area contributed by atoms with Crippen LogP contribution >= 0.6 is 11.8 Å². The summed E-state index contributed by atoms with van der Waals surface area (Å²) in [6.45, 7) is 0. The lowest BCUT2D eigenvalue weighted by atomic mass is 10.2. The zero-order valence-corrected chi connectivity index (χ0v) is 12.3. The highest BCUT2D eigenvalue weighted by Crippen LogP contribution is 2.32. The number of allylic oxidation sites excluding steroid dienone is 2. The van der Waals surface area contributed by atoms with E-state index in [2.05, 4.69) is 10.0 Å². The van der Waals surface area contributed by atoms with E-state index in [1.165, 1.54) is 23.9 Å². The molecule has 0 aromatic heterocycles. The van der Waals surface area contributed by atoms with Crippen LogP contribution in [0, 0.1) is 5.82 Å². The van der Waals surface area contributed by atoms with Gasteiger partial charge in [-0.15, -0.1) is 11.8 Å². The molecule has 0 radical (unpaired) electrons. The topological polar surface area (TPSA) is 75.3 Å². The van der Waals surface area contributed by atoms with Crippen LogP contribution in [-0.4, -0.2) is 22.2 Å². The fourth-order valence-corrected chi connectivity index (χ4v) is 2.86.